The van der Waals surface area contributed by atoms with Crippen LogP contribution in [0.5, 0.6) is 0 Å². The van der Waals surface area contributed by atoms with Gasteiger partial charge in [-0.1, -0.05) is 0 Å². The third kappa shape index (κ3) is 4.19. The molecule has 0 fully saturated rings. The third-order valence-corrected chi connectivity index (χ3v) is 4.26. The van der Waals surface area contributed by atoms with Crippen molar-refractivity contribution in [2.75, 3.05) is 26.4 Å². The van der Waals surface area contributed by atoms with Gasteiger partial charge in [0.25, 0.3) is 5.69 Å². The molecule has 9 heteroatoms. The SMILES string of the molecule is CN=C(NC)NCCS(=O)(=O)c1ccc([N+](=O)[O-])cc1. The van der Waals surface area contributed by atoms with Crippen molar-refractivity contribution >= 4 is 21.5 Å². The van der Waals surface area contributed by atoms with Crippen molar-refractivity contribution in [2.24, 2.45) is 4.99 Å². The van der Waals surface area contributed by atoms with Gasteiger partial charge in [-0.05, 0) is 12.1 Å². The summed E-state index contributed by atoms with van der Waals surface area (Å²) in [6.07, 6.45) is 0. The maximum Gasteiger partial charge on any atom is 0.269 e. The van der Waals surface area contributed by atoms with E-state index in [0.29, 0.717) is 5.96 Å². The average molecular weight is 300 g/mol. The molecule has 0 spiro atoms. The Morgan fingerprint density at radius 2 is 1.95 bits per heavy atom. The summed E-state index contributed by atoms with van der Waals surface area (Å²) in [6.45, 7) is 0.187. The molecule has 0 bridgehead atoms. The maximum atomic E-state index is 12.0. The van der Waals surface area contributed by atoms with Gasteiger partial charge in [0.1, 0.15) is 0 Å². The van der Waals surface area contributed by atoms with Crippen molar-refractivity contribution < 1.29 is 13.3 Å². The fourth-order valence-corrected chi connectivity index (χ4v) is 2.63. The monoisotopic (exact) mass is 300 g/mol. The minimum atomic E-state index is -3.48. The summed E-state index contributed by atoms with van der Waals surface area (Å²) in [6, 6.07) is 4.82. The van der Waals surface area contributed by atoms with E-state index in [9.17, 15) is 18.5 Å². The predicted octanol–water partition coefficient (Wildman–Crippen LogP) is 0.163. The molecule has 0 aliphatic heterocycles. The summed E-state index contributed by atoms with van der Waals surface area (Å²) in [5.41, 5.74) is -0.141. The highest BCUT2D eigenvalue weighted by Gasteiger charge is 2.15. The Morgan fingerprint density at radius 1 is 1.35 bits per heavy atom. The first-order chi connectivity index (χ1) is 9.40. The van der Waals surface area contributed by atoms with E-state index in [1.807, 2.05) is 0 Å². The number of nitro benzene ring substituents is 1. The Labute approximate surface area is 117 Å². The van der Waals surface area contributed by atoms with Crippen LogP contribution in [0.1, 0.15) is 0 Å². The maximum absolute atomic E-state index is 12.0. The number of sulfone groups is 1. The second-order valence-electron chi connectivity index (χ2n) is 3.82. The van der Waals surface area contributed by atoms with Crippen molar-refractivity contribution in [1.29, 1.82) is 0 Å². The molecule has 110 valence electrons. The van der Waals surface area contributed by atoms with Gasteiger partial charge in [-0.25, -0.2) is 8.42 Å². The summed E-state index contributed by atoms with van der Waals surface area (Å²) < 4.78 is 24.0. The van der Waals surface area contributed by atoms with E-state index in [4.69, 9.17) is 0 Å². The number of hydrogen-bond acceptors (Lipinski definition) is 5. The number of guanidine groups is 1. The van der Waals surface area contributed by atoms with Gasteiger partial charge in [-0.2, -0.15) is 0 Å². The van der Waals surface area contributed by atoms with E-state index >= 15 is 0 Å². The van der Waals surface area contributed by atoms with Crippen LogP contribution in [0.3, 0.4) is 0 Å². The highest BCUT2D eigenvalue weighted by atomic mass is 32.2. The molecule has 0 saturated heterocycles. The molecule has 0 radical (unpaired) electrons. The number of benzene rings is 1. The van der Waals surface area contributed by atoms with Crippen molar-refractivity contribution in [2.45, 2.75) is 4.90 Å². The first kappa shape index (κ1) is 15.9. The highest BCUT2D eigenvalue weighted by Crippen LogP contribution is 2.16. The van der Waals surface area contributed by atoms with Crippen LogP contribution < -0.4 is 10.6 Å². The topological polar surface area (TPSA) is 114 Å². The largest absolute Gasteiger partial charge is 0.359 e. The molecule has 0 unspecified atom stereocenters. The van der Waals surface area contributed by atoms with E-state index in [1.54, 1.807) is 14.1 Å². The van der Waals surface area contributed by atoms with Gasteiger partial charge in [0.05, 0.1) is 15.6 Å². The van der Waals surface area contributed by atoms with Crippen LogP contribution in [0.15, 0.2) is 34.2 Å². The molecule has 0 amide bonds. The van der Waals surface area contributed by atoms with E-state index < -0.39 is 14.8 Å². The minimum Gasteiger partial charge on any atom is -0.359 e. The van der Waals surface area contributed by atoms with Crippen molar-refractivity contribution in [3.05, 3.63) is 34.4 Å². The lowest BCUT2D eigenvalue weighted by Crippen LogP contribution is -2.37. The van der Waals surface area contributed by atoms with Gasteiger partial charge in [-0.15, -0.1) is 0 Å². The third-order valence-electron chi connectivity index (χ3n) is 2.53. The number of nitrogens with one attached hydrogen (secondary N) is 2. The molecule has 1 aromatic rings. The Bertz CT molecular complexity index is 595. The number of non-ortho nitro benzene ring substituents is 1. The fourth-order valence-electron chi connectivity index (χ4n) is 1.48. The lowest BCUT2D eigenvalue weighted by Gasteiger charge is -2.08. The Hall–Kier alpha value is -2.16. The second-order valence-corrected chi connectivity index (χ2v) is 5.93. The van der Waals surface area contributed by atoms with Gasteiger partial charge < -0.3 is 10.6 Å². The summed E-state index contributed by atoms with van der Waals surface area (Å²) in [7, 11) is -0.243. The van der Waals surface area contributed by atoms with Crippen molar-refractivity contribution in [3.63, 3.8) is 0 Å². The predicted molar refractivity (Wildman–Crippen MR) is 75.6 cm³/mol. The molecule has 8 nitrogen and oxygen atoms in total. The number of rotatable bonds is 5. The number of nitrogens with zero attached hydrogens (tertiary/aromatic N) is 2. The molecule has 0 heterocycles. The van der Waals surface area contributed by atoms with Crippen LogP contribution in [0.2, 0.25) is 0 Å². The molecule has 0 aliphatic carbocycles. The Kier molecular flexibility index (Phi) is 5.44. The van der Waals surface area contributed by atoms with Crippen LogP contribution in [0, 0.1) is 10.1 Å². The zero-order valence-corrected chi connectivity index (χ0v) is 12.0. The van der Waals surface area contributed by atoms with Gasteiger partial charge in [-0.3, -0.25) is 15.1 Å². The molecule has 0 atom stereocenters. The van der Waals surface area contributed by atoms with Crippen molar-refractivity contribution in [1.82, 2.24) is 10.6 Å². The number of nitro groups is 1. The molecular weight excluding hydrogens is 284 g/mol. The van der Waals surface area contributed by atoms with Crippen LogP contribution in [0.4, 0.5) is 5.69 Å². The number of hydrogen-bond donors (Lipinski definition) is 2. The fraction of sp³-hybridized carbons (Fsp3) is 0.364. The van der Waals surface area contributed by atoms with E-state index in [1.165, 1.54) is 24.3 Å². The summed E-state index contributed by atoms with van der Waals surface area (Å²) in [5, 5.41) is 16.1. The smallest absolute Gasteiger partial charge is 0.269 e. The van der Waals surface area contributed by atoms with Crippen LogP contribution >= 0.6 is 0 Å². The zero-order valence-electron chi connectivity index (χ0n) is 11.2. The quantitative estimate of drug-likeness (QED) is 0.346. The summed E-state index contributed by atoms with van der Waals surface area (Å²) in [5.74, 6) is 0.356. The standard InChI is InChI=1S/C11H16N4O4S/c1-12-11(13-2)14-7-8-20(18,19)10-5-3-9(4-6-10)15(16)17/h3-6H,7-8H2,1-2H3,(H2,12,13,14). The molecule has 0 aliphatic rings. The Morgan fingerprint density at radius 3 is 2.40 bits per heavy atom. The van der Waals surface area contributed by atoms with Crippen LogP contribution in [-0.4, -0.2) is 45.7 Å². The summed E-state index contributed by atoms with van der Waals surface area (Å²) >= 11 is 0. The lowest BCUT2D eigenvalue weighted by atomic mass is 10.3. The average Bonchev–Trinajstić information content (AvgIpc) is 2.43. The van der Waals surface area contributed by atoms with Gasteiger partial charge >= 0.3 is 0 Å². The van der Waals surface area contributed by atoms with Crippen LogP contribution in [0.25, 0.3) is 0 Å². The molecule has 20 heavy (non-hydrogen) atoms. The van der Waals surface area contributed by atoms with E-state index in [-0.39, 0.29) is 22.9 Å². The molecule has 1 aromatic carbocycles. The van der Waals surface area contributed by atoms with Gasteiger partial charge in [0.15, 0.2) is 15.8 Å². The van der Waals surface area contributed by atoms with E-state index in [0.717, 1.165) is 0 Å². The first-order valence-electron chi connectivity index (χ1n) is 5.76. The highest BCUT2D eigenvalue weighted by molar-refractivity contribution is 7.91. The Balaban J connectivity index is 2.71. The normalized spacial score (nSPS) is 12.0. The molecular formula is C11H16N4O4S. The van der Waals surface area contributed by atoms with Crippen LogP contribution in [-0.2, 0) is 9.84 Å². The first-order valence-corrected chi connectivity index (χ1v) is 7.41. The molecule has 2 N–H and O–H groups in total. The summed E-state index contributed by atoms with van der Waals surface area (Å²) in [4.78, 5) is 13.8. The number of aliphatic imine (C=N–C) groups is 1. The molecule has 0 aromatic heterocycles. The van der Waals surface area contributed by atoms with Gasteiger partial charge in [0, 0.05) is 32.8 Å². The molecule has 1 rings (SSSR count). The van der Waals surface area contributed by atoms with Gasteiger partial charge in [0.2, 0.25) is 0 Å². The van der Waals surface area contributed by atoms with E-state index in [2.05, 4.69) is 15.6 Å². The van der Waals surface area contributed by atoms with Crippen molar-refractivity contribution in [3.8, 4) is 0 Å². The molecule has 0 saturated carbocycles. The minimum absolute atomic E-state index is 0.0596. The zero-order chi connectivity index (χ0) is 15.2. The lowest BCUT2D eigenvalue weighted by molar-refractivity contribution is -0.384. The second kappa shape index (κ2) is 6.85.